The number of hydrogen-bond donors (Lipinski definition) is 1. The van der Waals surface area contributed by atoms with Gasteiger partial charge in [0.05, 0.1) is 6.54 Å². The average Bonchev–Trinajstić information content (AvgIpc) is 3.88. The van der Waals surface area contributed by atoms with Gasteiger partial charge in [-0.05, 0) is 87.9 Å². The third-order valence-corrected chi connectivity index (χ3v) is 10.6. The summed E-state index contributed by atoms with van der Waals surface area (Å²) >= 11 is 0. The highest BCUT2D eigenvalue weighted by atomic mass is 15.9. The molecule has 2 atom stereocenters. The summed E-state index contributed by atoms with van der Waals surface area (Å²) in [6, 6.07) is 56.8. The van der Waals surface area contributed by atoms with Gasteiger partial charge < -0.3 is 5.32 Å². The molecular weight excluding hydrogens is 633 g/mol. The van der Waals surface area contributed by atoms with Crippen LogP contribution in [0.15, 0.2) is 174 Å². The molecule has 6 aromatic carbocycles. The van der Waals surface area contributed by atoms with E-state index in [-0.39, 0.29) is 6.17 Å². The Kier molecular flexibility index (Phi) is 8.59. The van der Waals surface area contributed by atoms with Gasteiger partial charge in [-0.15, -0.1) is 0 Å². The van der Waals surface area contributed by atoms with Crippen LogP contribution in [-0.4, -0.2) is 22.9 Å². The van der Waals surface area contributed by atoms with E-state index in [9.17, 15) is 0 Å². The fraction of sp³-hybridized carbons (Fsp3) is 0.146. The zero-order chi connectivity index (χ0) is 34.9. The molecule has 0 spiro atoms. The van der Waals surface area contributed by atoms with E-state index in [0.29, 0.717) is 6.54 Å². The van der Waals surface area contributed by atoms with Gasteiger partial charge >= 0.3 is 0 Å². The van der Waals surface area contributed by atoms with Crippen molar-refractivity contribution in [2.24, 2.45) is 4.99 Å². The summed E-state index contributed by atoms with van der Waals surface area (Å²) in [6.45, 7) is 0.591. The number of aryl methyl sites for hydroxylation is 2. The SMILES string of the molecule is C[N@]1C(c2ccccc2)N1/C(=N\Cc1ccc(-c2ccccc2)cc1)c1cccc(NC2=C(C3=CCCc4ccccc43)c3ccccc3CC2)c1. The van der Waals surface area contributed by atoms with Crippen molar-refractivity contribution in [3.05, 3.63) is 208 Å². The van der Waals surface area contributed by atoms with E-state index in [0.717, 1.165) is 42.8 Å². The van der Waals surface area contributed by atoms with Gasteiger partial charge in [0.1, 0.15) is 12.0 Å². The van der Waals surface area contributed by atoms with Gasteiger partial charge in [0.15, 0.2) is 0 Å². The molecule has 4 heteroatoms. The van der Waals surface area contributed by atoms with E-state index >= 15 is 0 Å². The fourth-order valence-electron chi connectivity index (χ4n) is 7.99. The van der Waals surface area contributed by atoms with E-state index in [1.807, 2.05) is 0 Å². The quantitative estimate of drug-likeness (QED) is 0.0990. The molecule has 1 fully saturated rings. The van der Waals surface area contributed by atoms with Gasteiger partial charge in [0, 0.05) is 29.6 Å². The second-order valence-corrected chi connectivity index (χ2v) is 13.9. The number of allylic oxidation sites excluding steroid dienone is 4. The van der Waals surface area contributed by atoms with Crippen molar-refractivity contribution in [3.8, 4) is 11.1 Å². The lowest BCUT2D eigenvalue weighted by Gasteiger charge is -2.29. The molecule has 0 amide bonds. The number of fused-ring (bicyclic) bond motifs is 2. The summed E-state index contributed by atoms with van der Waals surface area (Å²) in [5, 5.41) is 8.55. The molecule has 6 aromatic rings. The number of nitrogens with one attached hydrogen (secondary N) is 1. The first-order valence-electron chi connectivity index (χ1n) is 18.4. The van der Waals surface area contributed by atoms with Crippen molar-refractivity contribution in [3.63, 3.8) is 0 Å². The highest BCUT2D eigenvalue weighted by Crippen LogP contribution is 2.44. The maximum Gasteiger partial charge on any atom is 0.147 e. The second-order valence-electron chi connectivity index (χ2n) is 13.9. The molecule has 4 nitrogen and oxygen atoms in total. The smallest absolute Gasteiger partial charge is 0.147 e. The third-order valence-electron chi connectivity index (χ3n) is 10.6. The van der Waals surface area contributed by atoms with Crippen LogP contribution in [0.1, 0.15) is 58.0 Å². The van der Waals surface area contributed by atoms with Crippen molar-refractivity contribution >= 4 is 22.7 Å². The number of hydrazine groups is 1. The molecule has 0 saturated carbocycles. The molecule has 3 aliphatic rings. The van der Waals surface area contributed by atoms with E-state index in [4.69, 9.17) is 4.99 Å². The normalized spacial score (nSPS) is 18.0. The number of aliphatic imine (C=N–C) groups is 1. The Balaban J connectivity index is 1.07. The molecule has 1 saturated heterocycles. The van der Waals surface area contributed by atoms with Crippen LogP contribution in [0.5, 0.6) is 0 Å². The van der Waals surface area contributed by atoms with E-state index in [2.05, 4.69) is 186 Å². The summed E-state index contributed by atoms with van der Waals surface area (Å²) in [6.07, 6.45) is 6.72. The van der Waals surface area contributed by atoms with Crippen LogP contribution in [0.4, 0.5) is 5.69 Å². The van der Waals surface area contributed by atoms with Crippen molar-refractivity contribution in [1.82, 2.24) is 10.0 Å². The van der Waals surface area contributed by atoms with Gasteiger partial charge in [-0.3, -0.25) is 10.0 Å². The van der Waals surface area contributed by atoms with Crippen molar-refractivity contribution in [2.45, 2.75) is 38.4 Å². The largest absolute Gasteiger partial charge is 0.358 e. The van der Waals surface area contributed by atoms with Gasteiger partial charge in [-0.2, -0.15) is 5.01 Å². The molecule has 52 heavy (non-hydrogen) atoms. The Labute approximate surface area is 307 Å². The molecule has 0 radical (unpaired) electrons. The highest BCUT2D eigenvalue weighted by Gasteiger charge is 2.46. The number of anilines is 1. The number of rotatable bonds is 8. The minimum absolute atomic E-state index is 0.138. The Morgan fingerprint density at radius 3 is 2.12 bits per heavy atom. The van der Waals surface area contributed by atoms with Gasteiger partial charge in [0.2, 0.25) is 0 Å². The number of hydrogen-bond acceptors (Lipinski definition) is 3. The molecule has 1 heterocycles. The molecule has 0 aromatic heterocycles. The summed E-state index contributed by atoms with van der Waals surface area (Å²) in [5.74, 6) is 0.972. The van der Waals surface area contributed by atoms with Crippen LogP contribution in [0.25, 0.3) is 22.3 Å². The van der Waals surface area contributed by atoms with Gasteiger partial charge in [-0.1, -0.05) is 152 Å². The van der Waals surface area contributed by atoms with Crippen LogP contribution in [0, 0.1) is 0 Å². The monoisotopic (exact) mass is 674 g/mol. The Morgan fingerprint density at radius 2 is 1.33 bits per heavy atom. The number of nitrogens with zero attached hydrogens (tertiary/aromatic N) is 3. The second kappa shape index (κ2) is 14.0. The van der Waals surface area contributed by atoms with E-state index in [1.54, 1.807) is 0 Å². The van der Waals surface area contributed by atoms with E-state index < -0.39 is 0 Å². The molecule has 9 rings (SSSR count). The Morgan fingerprint density at radius 1 is 0.654 bits per heavy atom. The topological polar surface area (TPSA) is 30.4 Å². The summed E-state index contributed by atoms with van der Waals surface area (Å²) in [7, 11) is 2.15. The molecule has 254 valence electrons. The van der Waals surface area contributed by atoms with Crippen LogP contribution in [0.3, 0.4) is 0 Å². The predicted molar refractivity (Wildman–Crippen MR) is 215 cm³/mol. The molecule has 0 bridgehead atoms. The summed E-state index contributed by atoms with van der Waals surface area (Å²) in [5.41, 5.74) is 16.6. The summed E-state index contributed by atoms with van der Waals surface area (Å²) in [4.78, 5) is 5.34. The van der Waals surface area contributed by atoms with Gasteiger partial charge in [0.25, 0.3) is 0 Å². The Bertz CT molecular complexity index is 2320. The average molecular weight is 675 g/mol. The molecule has 1 N–H and O–H groups in total. The minimum atomic E-state index is 0.138. The third kappa shape index (κ3) is 6.27. The first-order chi connectivity index (χ1) is 25.7. The van der Waals surface area contributed by atoms with Crippen molar-refractivity contribution in [1.29, 1.82) is 0 Å². The standard InChI is InChI=1S/C48H42N4/c1-51-48(39-18-6-3-7-19-39)52(51)47(49-33-34-26-28-36(29-27-34)35-14-4-2-5-15-35)40-21-12-22-41(32-40)50-45-31-30-38-17-9-11-24-43(38)46(45)44-25-13-20-37-16-8-10-23-42(37)44/h2-12,14-19,21-29,32,48,50H,13,20,30-31,33H2,1H3/b49-47-/t48?,51-,52?/m1/s1. The van der Waals surface area contributed by atoms with Crippen molar-refractivity contribution in [2.75, 3.05) is 12.4 Å². The lowest BCUT2D eigenvalue weighted by atomic mass is 9.78. The molecular formula is C48H42N4. The zero-order valence-electron chi connectivity index (χ0n) is 29.5. The van der Waals surface area contributed by atoms with E-state index in [1.165, 1.54) is 61.4 Å². The first-order valence-corrected chi connectivity index (χ1v) is 18.4. The summed E-state index contributed by atoms with van der Waals surface area (Å²) < 4.78 is 0. The lowest BCUT2D eigenvalue weighted by molar-refractivity contribution is 0.478. The minimum Gasteiger partial charge on any atom is -0.358 e. The van der Waals surface area contributed by atoms with Crippen LogP contribution in [-0.2, 0) is 19.4 Å². The van der Waals surface area contributed by atoms with Crippen LogP contribution < -0.4 is 5.32 Å². The number of amidine groups is 1. The van der Waals surface area contributed by atoms with Crippen molar-refractivity contribution < 1.29 is 0 Å². The van der Waals surface area contributed by atoms with Gasteiger partial charge in [-0.25, -0.2) is 0 Å². The number of benzene rings is 6. The highest BCUT2D eigenvalue weighted by molar-refractivity contribution is 6.09. The van der Waals surface area contributed by atoms with Crippen LogP contribution >= 0.6 is 0 Å². The zero-order valence-corrected chi connectivity index (χ0v) is 29.5. The first kappa shape index (κ1) is 32.0. The Hall–Kier alpha value is -5.97. The maximum absolute atomic E-state index is 5.34. The fourth-order valence-corrected chi connectivity index (χ4v) is 7.99. The maximum atomic E-state index is 5.34. The predicted octanol–water partition coefficient (Wildman–Crippen LogP) is 11.0. The molecule has 1 unspecified atom stereocenters. The lowest BCUT2D eigenvalue weighted by Crippen LogP contribution is -2.18. The molecule has 2 aliphatic carbocycles. The van der Waals surface area contributed by atoms with Crippen LogP contribution in [0.2, 0.25) is 0 Å². The molecule has 1 aliphatic heterocycles.